The second-order valence-electron chi connectivity index (χ2n) is 10.8. The highest BCUT2D eigenvalue weighted by atomic mass is 32.2. The Labute approximate surface area is 280 Å². The molecule has 14 heteroatoms. The summed E-state index contributed by atoms with van der Waals surface area (Å²) in [5.74, 6) is -0.277. The fourth-order valence-electron chi connectivity index (χ4n) is 5.12. The molecule has 2 aromatic carbocycles. The quantitative estimate of drug-likeness (QED) is 0.143. The minimum Gasteiger partial charge on any atom is -0.463 e. The Balaban J connectivity index is 1.37. The molecule has 0 N–H and O–H groups in total. The Kier molecular flexibility index (Phi) is 9.12. The summed E-state index contributed by atoms with van der Waals surface area (Å²) in [5, 5.41) is 0.0814. The van der Waals surface area contributed by atoms with Crippen molar-refractivity contribution in [1.29, 1.82) is 0 Å². The van der Waals surface area contributed by atoms with Gasteiger partial charge in [-0.15, -0.1) is 0 Å². The highest BCUT2D eigenvalue weighted by Gasteiger charge is 2.35. The van der Waals surface area contributed by atoms with Gasteiger partial charge in [-0.1, -0.05) is 53.8 Å². The monoisotopic (exact) mass is 691 g/mol. The first-order valence-electron chi connectivity index (χ1n) is 14.7. The summed E-state index contributed by atoms with van der Waals surface area (Å²) in [6, 6.07) is 19.3. The van der Waals surface area contributed by atoms with Gasteiger partial charge in [-0.3, -0.25) is 9.36 Å². The maximum Gasteiger partial charge on any atom is 0.433 e. The van der Waals surface area contributed by atoms with Crippen LogP contribution in [0.5, 0.6) is 0 Å². The zero-order chi connectivity index (χ0) is 34.2. The van der Waals surface area contributed by atoms with E-state index in [1.54, 1.807) is 56.3 Å². The molecule has 4 heterocycles. The minimum atomic E-state index is -4.68. The average molecular weight is 692 g/mol. The van der Waals surface area contributed by atoms with Crippen LogP contribution in [-0.2, 0) is 15.7 Å². The molecule has 0 aliphatic carbocycles. The van der Waals surface area contributed by atoms with Crippen molar-refractivity contribution in [1.82, 2.24) is 14.5 Å². The number of anilines is 1. The molecule has 9 nitrogen and oxygen atoms in total. The number of alkyl halides is 3. The van der Waals surface area contributed by atoms with Crippen molar-refractivity contribution in [3.63, 3.8) is 0 Å². The topological polar surface area (TPSA) is 103 Å². The summed E-state index contributed by atoms with van der Waals surface area (Å²) < 4.78 is 54.1. The molecule has 0 unspecified atom stereocenters. The molecule has 1 aliphatic heterocycles. The van der Waals surface area contributed by atoms with E-state index in [1.807, 2.05) is 43.3 Å². The van der Waals surface area contributed by atoms with Gasteiger partial charge in [0, 0.05) is 31.4 Å². The molecule has 0 bridgehead atoms. The summed E-state index contributed by atoms with van der Waals surface area (Å²) >= 11 is 1.96. The lowest BCUT2D eigenvalue weighted by molar-refractivity contribution is -0.141. The fourth-order valence-corrected chi connectivity index (χ4v) is 6.89. The number of fused-ring (bicyclic) bond motifs is 1. The van der Waals surface area contributed by atoms with Gasteiger partial charge < -0.3 is 14.1 Å². The number of hydrogen-bond donors (Lipinski definition) is 0. The van der Waals surface area contributed by atoms with Crippen molar-refractivity contribution in [2.75, 3.05) is 25.6 Å². The van der Waals surface area contributed by atoms with Crippen molar-refractivity contribution < 1.29 is 27.1 Å². The molecule has 5 aromatic rings. The summed E-state index contributed by atoms with van der Waals surface area (Å²) in [7, 11) is 3.83. The predicted molar refractivity (Wildman–Crippen MR) is 176 cm³/mol. The summed E-state index contributed by atoms with van der Waals surface area (Å²) in [4.78, 5) is 42.1. The number of nitrogens with zero attached hydrogens (tertiary/aromatic N) is 5. The normalized spacial score (nSPS) is 14.9. The van der Waals surface area contributed by atoms with E-state index in [4.69, 9.17) is 9.15 Å². The SMILES string of the molecule is CCOC(=O)C1=C(C)N=c2s/c(=C/c3ccc(Sc4nc(-c5ccccc5)cc(C(F)(F)F)n4)o3)c(=O)n2[C@H]1c1ccc(N(C)C)cc1. The number of benzene rings is 2. The smallest absolute Gasteiger partial charge is 0.433 e. The molecule has 0 amide bonds. The number of carbonyl (C=O) groups is 1. The van der Waals surface area contributed by atoms with Gasteiger partial charge in [0.15, 0.2) is 15.1 Å². The van der Waals surface area contributed by atoms with E-state index in [9.17, 15) is 22.8 Å². The van der Waals surface area contributed by atoms with E-state index in [-0.39, 0.29) is 38.4 Å². The maximum atomic E-state index is 13.9. The second-order valence-corrected chi connectivity index (χ2v) is 12.8. The zero-order valence-electron chi connectivity index (χ0n) is 26.1. The number of rotatable bonds is 8. The largest absolute Gasteiger partial charge is 0.463 e. The first-order valence-corrected chi connectivity index (χ1v) is 16.3. The van der Waals surface area contributed by atoms with Crippen molar-refractivity contribution in [2.24, 2.45) is 4.99 Å². The summed E-state index contributed by atoms with van der Waals surface area (Å²) in [6.45, 7) is 3.57. The number of allylic oxidation sites excluding steroid dienone is 1. The van der Waals surface area contributed by atoms with Crippen molar-refractivity contribution in [3.05, 3.63) is 121 Å². The molecule has 1 aliphatic rings. The van der Waals surface area contributed by atoms with Gasteiger partial charge in [0.1, 0.15) is 11.5 Å². The average Bonchev–Trinajstić information content (AvgIpc) is 3.62. The van der Waals surface area contributed by atoms with Gasteiger partial charge in [-0.25, -0.2) is 19.8 Å². The highest BCUT2D eigenvalue weighted by molar-refractivity contribution is 7.99. The van der Waals surface area contributed by atoms with Gasteiger partial charge >= 0.3 is 12.1 Å². The van der Waals surface area contributed by atoms with Crippen LogP contribution in [0.3, 0.4) is 0 Å². The second kappa shape index (κ2) is 13.3. The lowest BCUT2D eigenvalue weighted by Crippen LogP contribution is -2.39. The summed E-state index contributed by atoms with van der Waals surface area (Å²) in [6.07, 6.45) is -3.14. The van der Waals surface area contributed by atoms with Crippen LogP contribution < -0.4 is 19.8 Å². The predicted octanol–water partition coefficient (Wildman–Crippen LogP) is 6.08. The van der Waals surface area contributed by atoms with Gasteiger partial charge in [0.2, 0.25) is 0 Å². The molecule has 3 aromatic heterocycles. The molecular weight excluding hydrogens is 664 g/mol. The molecule has 0 spiro atoms. The molecular formula is C34H28F3N5O4S2. The van der Waals surface area contributed by atoms with Gasteiger partial charge in [0.25, 0.3) is 5.56 Å². The van der Waals surface area contributed by atoms with Crippen LogP contribution in [0.1, 0.15) is 36.9 Å². The molecule has 246 valence electrons. The fraction of sp³-hybridized carbons (Fsp3) is 0.206. The number of ether oxygens (including phenoxy) is 1. The minimum absolute atomic E-state index is 0.122. The number of carbonyl (C=O) groups excluding carboxylic acids is 1. The van der Waals surface area contributed by atoms with Crippen LogP contribution in [0.15, 0.2) is 109 Å². The Morgan fingerprint density at radius 3 is 2.48 bits per heavy atom. The first kappa shape index (κ1) is 33.0. The Morgan fingerprint density at radius 1 is 1.08 bits per heavy atom. The standard InChI is InChI=1S/C34H28F3N5O4S2/c1-5-45-31(44)28-19(2)38-33-42(29(28)21-11-13-22(14-12-21)41(3)4)30(43)25(47-33)17-23-15-16-27(46-23)48-32-39-24(20-9-7-6-8-10-20)18-26(40-32)34(35,36)37/h6-18,29H,5H2,1-4H3/b25-17+/t29-/m0/s1. The molecule has 6 rings (SSSR count). The van der Waals surface area contributed by atoms with E-state index >= 15 is 0 Å². The Bertz CT molecular complexity index is 2210. The third-order valence-corrected chi connectivity index (χ3v) is 9.14. The number of aromatic nitrogens is 3. The molecule has 0 fully saturated rings. The molecule has 0 saturated carbocycles. The van der Waals surface area contributed by atoms with E-state index in [0.29, 0.717) is 21.6 Å². The highest BCUT2D eigenvalue weighted by Crippen LogP contribution is 2.35. The maximum absolute atomic E-state index is 13.9. The first-order chi connectivity index (χ1) is 22.9. The Hall–Kier alpha value is -4.95. The zero-order valence-corrected chi connectivity index (χ0v) is 27.7. The van der Waals surface area contributed by atoms with Crippen molar-refractivity contribution in [2.45, 2.75) is 36.3 Å². The number of esters is 1. The Morgan fingerprint density at radius 2 is 1.81 bits per heavy atom. The van der Waals surface area contributed by atoms with E-state index in [0.717, 1.165) is 34.9 Å². The van der Waals surface area contributed by atoms with Gasteiger partial charge in [-0.05, 0) is 61.5 Å². The van der Waals surface area contributed by atoms with Crippen LogP contribution >= 0.6 is 23.1 Å². The number of hydrogen-bond acceptors (Lipinski definition) is 10. The summed E-state index contributed by atoms with van der Waals surface area (Å²) in [5.41, 5.74) is 1.52. The van der Waals surface area contributed by atoms with Gasteiger partial charge in [0.05, 0.1) is 34.1 Å². The molecule has 0 saturated heterocycles. The third-order valence-electron chi connectivity index (χ3n) is 7.38. The van der Waals surface area contributed by atoms with E-state index in [2.05, 4.69) is 15.0 Å². The van der Waals surface area contributed by atoms with Crippen LogP contribution in [0.2, 0.25) is 0 Å². The number of thiazole rings is 1. The van der Waals surface area contributed by atoms with Crippen LogP contribution in [-0.4, -0.2) is 41.2 Å². The van der Waals surface area contributed by atoms with Crippen molar-refractivity contribution in [3.8, 4) is 11.3 Å². The van der Waals surface area contributed by atoms with Crippen LogP contribution in [0.25, 0.3) is 17.3 Å². The van der Waals surface area contributed by atoms with E-state index in [1.165, 1.54) is 10.6 Å². The molecule has 0 radical (unpaired) electrons. The van der Waals surface area contributed by atoms with Crippen LogP contribution in [0, 0.1) is 0 Å². The van der Waals surface area contributed by atoms with E-state index < -0.39 is 29.4 Å². The lowest BCUT2D eigenvalue weighted by Gasteiger charge is -2.25. The molecule has 1 atom stereocenters. The number of furan rings is 1. The van der Waals surface area contributed by atoms with Crippen molar-refractivity contribution >= 4 is 40.8 Å². The molecule has 48 heavy (non-hydrogen) atoms. The lowest BCUT2D eigenvalue weighted by atomic mass is 9.95. The third kappa shape index (κ3) is 6.71. The van der Waals surface area contributed by atoms with Crippen LogP contribution in [0.4, 0.5) is 18.9 Å². The number of halogens is 3. The van der Waals surface area contributed by atoms with Gasteiger partial charge in [-0.2, -0.15) is 13.2 Å².